The SMILES string of the molecule is Cc1cc2c(cc1C(=O)N[C@@H](CO)C(=O)NC(CC(C)C)C(=O)[C@@]1(CO)CO1)OCO2. The number of amides is 2. The first kappa shape index (κ1) is 23.0. The third kappa shape index (κ3) is 4.97. The molecule has 0 saturated carbocycles. The molecule has 2 aliphatic heterocycles. The molecule has 1 aromatic rings. The number of Topliss-reactive ketones (excluding diaryl/α,β-unsaturated/α-hetero) is 1. The number of ketones is 1. The minimum atomic E-state index is -1.28. The van der Waals surface area contributed by atoms with Gasteiger partial charge in [0.05, 0.1) is 25.9 Å². The summed E-state index contributed by atoms with van der Waals surface area (Å²) in [5.74, 6) is -0.687. The summed E-state index contributed by atoms with van der Waals surface area (Å²) < 4.78 is 15.7. The van der Waals surface area contributed by atoms with Crippen molar-refractivity contribution in [2.45, 2.75) is 44.9 Å². The molecular weight excluding hydrogens is 408 g/mol. The van der Waals surface area contributed by atoms with Crippen molar-refractivity contribution in [1.29, 1.82) is 0 Å². The van der Waals surface area contributed by atoms with E-state index in [0.717, 1.165) is 0 Å². The third-order valence-corrected chi connectivity index (χ3v) is 5.31. The lowest BCUT2D eigenvalue weighted by Crippen LogP contribution is -2.55. The van der Waals surface area contributed by atoms with Crippen LogP contribution < -0.4 is 20.1 Å². The molecule has 10 nitrogen and oxygen atoms in total. The Bertz CT molecular complexity index is 865. The van der Waals surface area contributed by atoms with E-state index in [4.69, 9.17) is 14.2 Å². The third-order valence-electron chi connectivity index (χ3n) is 5.31. The van der Waals surface area contributed by atoms with Crippen LogP contribution in [0.2, 0.25) is 0 Å². The van der Waals surface area contributed by atoms with E-state index in [1.807, 2.05) is 13.8 Å². The summed E-state index contributed by atoms with van der Waals surface area (Å²) in [5, 5.41) is 24.2. The van der Waals surface area contributed by atoms with E-state index in [1.165, 1.54) is 6.07 Å². The quantitative estimate of drug-likeness (QED) is 0.365. The summed E-state index contributed by atoms with van der Waals surface area (Å²) in [4.78, 5) is 38.3. The molecule has 31 heavy (non-hydrogen) atoms. The number of nitrogens with one attached hydrogen (secondary N) is 2. The zero-order chi connectivity index (χ0) is 22.8. The summed E-state index contributed by atoms with van der Waals surface area (Å²) in [6.07, 6.45) is 0.322. The van der Waals surface area contributed by atoms with Crippen molar-refractivity contribution >= 4 is 17.6 Å². The van der Waals surface area contributed by atoms with Gasteiger partial charge in [-0.3, -0.25) is 14.4 Å². The Hall–Kier alpha value is -2.69. The molecule has 3 rings (SSSR count). The standard InChI is InChI=1S/C21H28N2O8/c1-11(2)4-14(18(26)21(8-25)9-31-21)22-20(28)15(7-24)23-19(27)13-6-17-16(5-12(13)3)29-10-30-17/h5-6,11,14-15,24-25H,4,7-10H2,1-3H3,(H,22,28)(H,23,27)/t14?,15-,21+/m0/s1. The average Bonchev–Trinajstić information content (AvgIpc) is 3.40. The molecular formula is C21H28N2O8. The maximum atomic E-state index is 12.8. The number of rotatable bonds is 10. The Balaban J connectivity index is 1.70. The molecule has 1 saturated heterocycles. The number of epoxide rings is 1. The summed E-state index contributed by atoms with van der Waals surface area (Å²) in [6, 6.07) is 0.984. The van der Waals surface area contributed by atoms with Crippen molar-refractivity contribution in [3.05, 3.63) is 23.3 Å². The maximum Gasteiger partial charge on any atom is 0.252 e. The van der Waals surface area contributed by atoms with E-state index in [0.29, 0.717) is 23.5 Å². The zero-order valence-electron chi connectivity index (χ0n) is 17.8. The molecule has 1 fully saturated rings. The van der Waals surface area contributed by atoms with Gasteiger partial charge < -0.3 is 35.1 Å². The highest BCUT2D eigenvalue weighted by molar-refractivity contribution is 6.01. The van der Waals surface area contributed by atoms with Gasteiger partial charge in [-0.2, -0.15) is 0 Å². The molecule has 2 amide bonds. The van der Waals surface area contributed by atoms with E-state index in [1.54, 1.807) is 13.0 Å². The van der Waals surface area contributed by atoms with Crippen molar-refractivity contribution in [2.24, 2.45) is 5.92 Å². The molecule has 0 bridgehead atoms. The molecule has 0 radical (unpaired) electrons. The first-order valence-corrected chi connectivity index (χ1v) is 10.1. The van der Waals surface area contributed by atoms with Gasteiger partial charge in [0.1, 0.15) is 6.04 Å². The number of carbonyl (C=O) groups excluding carboxylic acids is 3. The van der Waals surface area contributed by atoms with Crippen molar-refractivity contribution in [3.8, 4) is 11.5 Å². The summed E-state index contributed by atoms with van der Waals surface area (Å²) >= 11 is 0. The lowest BCUT2D eigenvalue weighted by molar-refractivity contribution is -0.133. The number of fused-ring (bicyclic) bond motifs is 1. The first-order chi connectivity index (χ1) is 14.7. The number of aliphatic hydroxyl groups excluding tert-OH is 2. The fourth-order valence-electron chi connectivity index (χ4n) is 3.41. The van der Waals surface area contributed by atoms with Crippen LogP contribution in [0.25, 0.3) is 0 Å². The van der Waals surface area contributed by atoms with Gasteiger partial charge in [0.15, 0.2) is 22.9 Å². The summed E-state index contributed by atoms with van der Waals surface area (Å²) in [5.41, 5.74) is -0.396. The van der Waals surface area contributed by atoms with Crippen molar-refractivity contribution in [3.63, 3.8) is 0 Å². The molecule has 0 aliphatic carbocycles. The number of ether oxygens (including phenoxy) is 3. The Kier molecular flexibility index (Phi) is 6.83. The number of hydrogen-bond acceptors (Lipinski definition) is 8. The fraction of sp³-hybridized carbons (Fsp3) is 0.571. The van der Waals surface area contributed by atoms with Crippen LogP contribution in [0.3, 0.4) is 0 Å². The largest absolute Gasteiger partial charge is 0.454 e. The van der Waals surface area contributed by atoms with Gasteiger partial charge in [-0.1, -0.05) is 13.8 Å². The lowest BCUT2D eigenvalue weighted by Gasteiger charge is -2.24. The van der Waals surface area contributed by atoms with Crippen molar-refractivity contribution in [1.82, 2.24) is 10.6 Å². The van der Waals surface area contributed by atoms with Crippen LogP contribution in [0, 0.1) is 12.8 Å². The van der Waals surface area contributed by atoms with Crippen LogP contribution in [0.1, 0.15) is 36.2 Å². The average molecular weight is 436 g/mol. The lowest BCUT2D eigenvalue weighted by atomic mass is 9.92. The maximum absolute atomic E-state index is 12.8. The van der Waals surface area contributed by atoms with E-state index in [9.17, 15) is 24.6 Å². The van der Waals surface area contributed by atoms with Gasteiger partial charge in [0.25, 0.3) is 5.91 Å². The molecule has 2 heterocycles. The minimum absolute atomic E-state index is 0.0613. The van der Waals surface area contributed by atoms with Crippen LogP contribution in [0.15, 0.2) is 12.1 Å². The Morgan fingerprint density at radius 1 is 1.10 bits per heavy atom. The monoisotopic (exact) mass is 436 g/mol. The number of aliphatic hydroxyl groups is 2. The number of hydrogen-bond donors (Lipinski definition) is 4. The number of benzene rings is 1. The summed E-state index contributed by atoms with van der Waals surface area (Å²) in [6.45, 7) is 4.51. The normalized spacial score (nSPS) is 20.8. The molecule has 10 heteroatoms. The van der Waals surface area contributed by atoms with Gasteiger partial charge in [0, 0.05) is 5.56 Å². The minimum Gasteiger partial charge on any atom is -0.454 e. The second kappa shape index (κ2) is 9.21. The smallest absolute Gasteiger partial charge is 0.252 e. The zero-order valence-corrected chi connectivity index (χ0v) is 17.8. The molecule has 1 unspecified atom stereocenters. The molecule has 170 valence electrons. The first-order valence-electron chi connectivity index (χ1n) is 10.1. The topological polar surface area (TPSA) is 147 Å². The molecule has 4 N–H and O–H groups in total. The molecule has 0 spiro atoms. The predicted molar refractivity (Wildman–Crippen MR) is 108 cm³/mol. The van der Waals surface area contributed by atoms with Gasteiger partial charge in [0.2, 0.25) is 12.7 Å². The second-order valence-electron chi connectivity index (χ2n) is 8.23. The highest BCUT2D eigenvalue weighted by atomic mass is 16.7. The number of carbonyl (C=O) groups is 3. The Morgan fingerprint density at radius 2 is 1.74 bits per heavy atom. The molecule has 2 aliphatic rings. The summed E-state index contributed by atoms with van der Waals surface area (Å²) in [7, 11) is 0. The Morgan fingerprint density at radius 3 is 2.29 bits per heavy atom. The fourth-order valence-corrected chi connectivity index (χ4v) is 3.41. The second-order valence-corrected chi connectivity index (χ2v) is 8.23. The van der Waals surface area contributed by atoms with E-state index < -0.39 is 48.5 Å². The van der Waals surface area contributed by atoms with Crippen LogP contribution in [-0.2, 0) is 14.3 Å². The van der Waals surface area contributed by atoms with Crippen LogP contribution in [0.4, 0.5) is 0 Å². The highest BCUT2D eigenvalue weighted by Crippen LogP contribution is 2.34. The van der Waals surface area contributed by atoms with E-state index in [-0.39, 0.29) is 24.9 Å². The van der Waals surface area contributed by atoms with E-state index in [2.05, 4.69) is 10.6 Å². The van der Waals surface area contributed by atoms with Crippen LogP contribution in [0.5, 0.6) is 11.5 Å². The molecule has 0 aromatic heterocycles. The van der Waals surface area contributed by atoms with Gasteiger partial charge in [-0.25, -0.2) is 0 Å². The van der Waals surface area contributed by atoms with Crippen LogP contribution >= 0.6 is 0 Å². The molecule has 1 aromatic carbocycles. The van der Waals surface area contributed by atoms with Crippen molar-refractivity contribution < 1.29 is 38.8 Å². The van der Waals surface area contributed by atoms with E-state index >= 15 is 0 Å². The van der Waals surface area contributed by atoms with Gasteiger partial charge >= 0.3 is 0 Å². The van der Waals surface area contributed by atoms with Crippen LogP contribution in [-0.4, -0.2) is 72.1 Å². The van der Waals surface area contributed by atoms with Gasteiger partial charge in [-0.05, 0) is 37.0 Å². The highest BCUT2D eigenvalue weighted by Gasteiger charge is 2.54. The number of aryl methyl sites for hydroxylation is 1. The predicted octanol–water partition coefficient (Wildman–Crippen LogP) is -0.324. The molecule has 3 atom stereocenters. The Labute approximate surface area is 179 Å². The van der Waals surface area contributed by atoms with Gasteiger partial charge in [-0.15, -0.1) is 0 Å². The van der Waals surface area contributed by atoms with Crippen molar-refractivity contribution in [2.75, 3.05) is 26.6 Å².